The van der Waals surface area contributed by atoms with Gasteiger partial charge in [-0.25, -0.2) is 0 Å². The van der Waals surface area contributed by atoms with Gasteiger partial charge in [0.15, 0.2) is 0 Å². The number of carbonyl (C=O) groups is 4. The molecule has 7 nitrogen and oxygen atoms in total. The summed E-state index contributed by atoms with van der Waals surface area (Å²) in [6.45, 7) is 4.08. The summed E-state index contributed by atoms with van der Waals surface area (Å²) < 4.78 is 0. The molecule has 0 bridgehead atoms. The highest BCUT2D eigenvalue weighted by Crippen LogP contribution is 2.10. The van der Waals surface area contributed by atoms with Crippen LogP contribution in [0.15, 0.2) is 91.0 Å². The molecule has 0 heterocycles. The van der Waals surface area contributed by atoms with Crippen LogP contribution in [0.1, 0.15) is 41.8 Å². The second-order valence-electron chi connectivity index (χ2n) is 9.31. The number of hydrogen-bond acceptors (Lipinski definition) is 4. The lowest BCUT2D eigenvalue weighted by molar-refractivity contribution is -0.140. The van der Waals surface area contributed by atoms with Gasteiger partial charge in [0.1, 0.15) is 12.1 Å². The van der Waals surface area contributed by atoms with E-state index in [-0.39, 0.29) is 24.8 Å². The van der Waals surface area contributed by atoms with Crippen molar-refractivity contribution in [2.24, 2.45) is 5.92 Å². The molecule has 0 radical (unpaired) electrons. The molecule has 0 fully saturated rings. The van der Waals surface area contributed by atoms with Gasteiger partial charge in [0, 0.05) is 18.5 Å². The first-order valence-electron chi connectivity index (χ1n) is 12.4. The third kappa shape index (κ3) is 8.72. The molecular weight excluding hydrogens is 466 g/mol. The van der Waals surface area contributed by atoms with E-state index < -0.39 is 29.7 Å². The van der Waals surface area contributed by atoms with Crippen LogP contribution in [-0.2, 0) is 27.3 Å². The SMILES string of the molecule is CC(C)CC(NC(=O)c1ccccc1)C(=O)NC(Cc1ccccc1)C(=O)C(=O)NCc1ccccc1. The van der Waals surface area contributed by atoms with Crippen LogP contribution in [0, 0.1) is 5.92 Å². The number of ketones is 1. The predicted molar refractivity (Wildman–Crippen MR) is 143 cm³/mol. The Bertz CT molecular complexity index is 1180. The summed E-state index contributed by atoms with van der Waals surface area (Å²) >= 11 is 0. The highest BCUT2D eigenvalue weighted by molar-refractivity contribution is 6.38. The average Bonchev–Trinajstić information content (AvgIpc) is 2.91. The van der Waals surface area contributed by atoms with E-state index in [9.17, 15) is 19.2 Å². The summed E-state index contributed by atoms with van der Waals surface area (Å²) in [7, 11) is 0. The van der Waals surface area contributed by atoms with Crippen LogP contribution >= 0.6 is 0 Å². The fourth-order valence-corrected chi connectivity index (χ4v) is 3.89. The van der Waals surface area contributed by atoms with Crippen molar-refractivity contribution in [3.05, 3.63) is 108 Å². The molecule has 0 saturated heterocycles. The minimum Gasteiger partial charge on any atom is -0.345 e. The molecule has 3 rings (SSSR count). The fraction of sp³-hybridized carbons (Fsp3) is 0.267. The Hall–Kier alpha value is -4.26. The van der Waals surface area contributed by atoms with Crippen LogP contribution < -0.4 is 16.0 Å². The Balaban J connectivity index is 1.75. The van der Waals surface area contributed by atoms with Gasteiger partial charge in [0.2, 0.25) is 11.7 Å². The van der Waals surface area contributed by atoms with Crippen LogP contribution in [0.25, 0.3) is 0 Å². The summed E-state index contributed by atoms with van der Waals surface area (Å²) in [5.74, 6) is -2.31. The lowest BCUT2D eigenvalue weighted by Crippen LogP contribution is -2.54. The number of hydrogen-bond donors (Lipinski definition) is 3. The first-order chi connectivity index (χ1) is 17.8. The second-order valence-corrected chi connectivity index (χ2v) is 9.31. The molecule has 2 atom stereocenters. The third-order valence-electron chi connectivity index (χ3n) is 5.80. The molecule has 0 saturated carbocycles. The van der Waals surface area contributed by atoms with Crippen LogP contribution in [-0.4, -0.2) is 35.6 Å². The van der Waals surface area contributed by atoms with E-state index >= 15 is 0 Å². The van der Waals surface area contributed by atoms with Crippen molar-refractivity contribution < 1.29 is 19.2 Å². The molecule has 0 aliphatic carbocycles. The van der Waals surface area contributed by atoms with Crippen molar-refractivity contribution in [2.45, 2.75) is 45.3 Å². The van der Waals surface area contributed by atoms with Crippen LogP contribution in [0.4, 0.5) is 0 Å². The lowest BCUT2D eigenvalue weighted by atomic mass is 9.99. The van der Waals surface area contributed by atoms with E-state index in [0.29, 0.717) is 12.0 Å². The van der Waals surface area contributed by atoms with Gasteiger partial charge >= 0.3 is 0 Å². The summed E-state index contributed by atoms with van der Waals surface area (Å²) in [5.41, 5.74) is 2.08. The molecule has 3 N–H and O–H groups in total. The van der Waals surface area contributed by atoms with E-state index in [1.165, 1.54) is 0 Å². The Morgan fingerprint density at radius 3 is 1.78 bits per heavy atom. The Morgan fingerprint density at radius 2 is 1.22 bits per heavy atom. The molecule has 37 heavy (non-hydrogen) atoms. The predicted octanol–water partition coefficient (Wildman–Crippen LogP) is 3.44. The number of amides is 3. The second kappa shape index (κ2) is 13.7. The number of carbonyl (C=O) groups excluding carboxylic acids is 4. The maximum Gasteiger partial charge on any atom is 0.289 e. The summed E-state index contributed by atoms with van der Waals surface area (Å²) in [5, 5.41) is 8.17. The Labute approximate surface area is 217 Å². The zero-order valence-electron chi connectivity index (χ0n) is 21.1. The topological polar surface area (TPSA) is 104 Å². The van der Waals surface area contributed by atoms with Crippen molar-refractivity contribution in [2.75, 3.05) is 0 Å². The van der Waals surface area contributed by atoms with Gasteiger partial charge < -0.3 is 16.0 Å². The molecular formula is C30H33N3O4. The fourth-order valence-electron chi connectivity index (χ4n) is 3.89. The lowest BCUT2D eigenvalue weighted by Gasteiger charge is -2.24. The number of nitrogens with one attached hydrogen (secondary N) is 3. The van der Waals surface area contributed by atoms with Gasteiger partial charge in [0.25, 0.3) is 11.8 Å². The Morgan fingerprint density at radius 1 is 0.676 bits per heavy atom. The average molecular weight is 500 g/mol. The quantitative estimate of drug-likeness (QED) is 0.332. The van der Waals surface area contributed by atoms with Gasteiger partial charge in [-0.05, 0) is 35.6 Å². The first-order valence-corrected chi connectivity index (χ1v) is 12.4. The molecule has 0 aromatic heterocycles. The summed E-state index contributed by atoms with van der Waals surface area (Å²) in [6.07, 6.45) is 0.516. The summed E-state index contributed by atoms with van der Waals surface area (Å²) in [6, 6.07) is 25.1. The number of rotatable bonds is 12. The van der Waals surface area contributed by atoms with E-state index in [1.54, 1.807) is 30.3 Å². The zero-order chi connectivity index (χ0) is 26.6. The molecule has 2 unspecified atom stereocenters. The van der Waals surface area contributed by atoms with Crippen molar-refractivity contribution in [3.63, 3.8) is 0 Å². The highest BCUT2D eigenvalue weighted by Gasteiger charge is 2.31. The van der Waals surface area contributed by atoms with Gasteiger partial charge in [-0.3, -0.25) is 19.2 Å². The minimum absolute atomic E-state index is 0.101. The smallest absolute Gasteiger partial charge is 0.289 e. The van der Waals surface area contributed by atoms with Gasteiger partial charge in [-0.15, -0.1) is 0 Å². The maximum absolute atomic E-state index is 13.3. The van der Waals surface area contributed by atoms with Crippen molar-refractivity contribution in [1.29, 1.82) is 0 Å². The van der Waals surface area contributed by atoms with Crippen LogP contribution in [0.2, 0.25) is 0 Å². The van der Waals surface area contributed by atoms with Crippen LogP contribution in [0.5, 0.6) is 0 Å². The normalized spacial score (nSPS) is 12.3. The molecule has 0 aliphatic heterocycles. The highest BCUT2D eigenvalue weighted by atomic mass is 16.2. The minimum atomic E-state index is -1.09. The number of Topliss-reactive ketones (excluding diaryl/α,β-unsaturated/α-hetero) is 1. The van der Waals surface area contributed by atoms with Crippen molar-refractivity contribution in [3.8, 4) is 0 Å². The third-order valence-corrected chi connectivity index (χ3v) is 5.80. The maximum atomic E-state index is 13.3. The van der Waals surface area contributed by atoms with Gasteiger partial charge in [-0.2, -0.15) is 0 Å². The summed E-state index contributed by atoms with van der Waals surface area (Å²) in [4.78, 5) is 52.0. The monoisotopic (exact) mass is 499 g/mol. The first kappa shape index (κ1) is 27.3. The van der Waals surface area contributed by atoms with E-state index in [1.807, 2.05) is 74.5 Å². The molecule has 192 valence electrons. The van der Waals surface area contributed by atoms with E-state index in [2.05, 4.69) is 16.0 Å². The molecule has 3 aromatic carbocycles. The van der Waals surface area contributed by atoms with Gasteiger partial charge in [0.05, 0.1) is 0 Å². The van der Waals surface area contributed by atoms with Crippen molar-refractivity contribution >= 4 is 23.5 Å². The van der Waals surface area contributed by atoms with Crippen molar-refractivity contribution in [1.82, 2.24) is 16.0 Å². The van der Waals surface area contributed by atoms with Crippen LogP contribution in [0.3, 0.4) is 0 Å². The largest absolute Gasteiger partial charge is 0.345 e. The molecule has 0 spiro atoms. The van der Waals surface area contributed by atoms with E-state index in [0.717, 1.165) is 11.1 Å². The zero-order valence-corrected chi connectivity index (χ0v) is 21.1. The molecule has 3 aromatic rings. The molecule has 3 amide bonds. The van der Waals surface area contributed by atoms with E-state index in [4.69, 9.17) is 0 Å². The number of benzene rings is 3. The molecule has 7 heteroatoms. The standard InChI is InChI=1S/C30H33N3O4/c1-21(2)18-26(33-28(35)24-16-10-5-11-17-24)29(36)32-25(19-22-12-6-3-7-13-22)27(34)30(37)31-20-23-14-8-4-9-15-23/h3-17,21,25-26H,18-20H2,1-2H3,(H,31,37)(H,32,36)(H,33,35). The molecule has 0 aliphatic rings. The Kier molecular flexibility index (Phi) is 10.1. The van der Waals surface area contributed by atoms with Gasteiger partial charge in [-0.1, -0.05) is 92.7 Å².